The normalized spacial score (nSPS) is 45.3. The first-order valence-electron chi connectivity index (χ1n) is 4.11. The van der Waals surface area contributed by atoms with E-state index in [-0.39, 0.29) is 5.72 Å². The van der Waals surface area contributed by atoms with Gasteiger partial charge in [-0.25, -0.2) is 0 Å². The van der Waals surface area contributed by atoms with Gasteiger partial charge in [-0.2, -0.15) is 0 Å². The number of epoxide rings is 1. The molecule has 1 aliphatic carbocycles. The molecule has 10 heavy (non-hydrogen) atoms. The first-order valence-corrected chi connectivity index (χ1v) is 4.11. The molecule has 0 aromatic heterocycles. The molecule has 0 spiro atoms. The van der Waals surface area contributed by atoms with Crippen LogP contribution in [0.4, 0.5) is 0 Å². The number of likely N-dealkylation sites (N-methyl/N-ethyl adjacent to an activating group) is 1. The molecule has 2 atom stereocenters. The van der Waals surface area contributed by atoms with E-state index in [0.717, 1.165) is 0 Å². The lowest BCUT2D eigenvalue weighted by molar-refractivity contribution is 0.119. The van der Waals surface area contributed by atoms with Crippen LogP contribution in [-0.2, 0) is 4.74 Å². The van der Waals surface area contributed by atoms with Gasteiger partial charge in [-0.1, -0.05) is 6.42 Å². The Labute approximate surface area is 62.2 Å². The second-order valence-corrected chi connectivity index (χ2v) is 3.59. The molecule has 2 rings (SSSR count). The molecule has 2 unspecified atom stereocenters. The molecule has 2 heteroatoms. The Morgan fingerprint density at radius 1 is 1.40 bits per heavy atom. The Kier molecular flexibility index (Phi) is 1.29. The van der Waals surface area contributed by atoms with Gasteiger partial charge in [0.1, 0.15) is 11.8 Å². The Balaban J connectivity index is 2.05. The molecule has 2 fully saturated rings. The van der Waals surface area contributed by atoms with Gasteiger partial charge in [0, 0.05) is 0 Å². The molecule has 0 bridgehead atoms. The molecule has 58 valence electrons. The average Bonchev–Trinajstić information content (AvgIpc) is 2.61. The quantitative estimate of drug-likeness (QED) is 0.510. The van der Waals surface area contributed by atoms with Gasteiger partial charge in [0.25, 0.3) is 0 Å². The lowest BCUT2D eigenvalue weighted by Crippen LogP contribution is -2.35. The summed E-state index contributed by atoms with van der Waals surface area (Å²) in [4.78, 5) is 2.23. The van der Waals surface area contributed by atoms with Gasteiger partial charge in [-0.05, 0) is 33.4 Å². The first kappa shape index (κ1) is 6.62. The predicted molar refractivity (Wildman–Crippen MR) is 39.8 cm³/mol. The smallest absolute Gasteiger partial charge is 0.148 e. The highest BCUT2D eigenvalue weighted by atomic mass is 16.6. The van der Waals surface area contributed by atoms with Crippen molar-refractivity contribution in [3.05, 3.63) is 0 Å². The summed E-state index contributed by atoms with van der Waals surface area (Å²) in [5.41, 5.74) is 0.179. The number of nitrogens with zero attached hydrogens (tertiary/aromatic N) is 1. The van der Waals surface area contributed by atoms with Gasteiger partial charge in [0.2, 0.25) is 0 Å². The molecule has 0 amide bonds. The molecular weight excluding hydrogens is 126 g/mol. The molecule has 2 nitrogen and oxygen atoms in total. The predicted octanol–water partition coefficient (Wildman–Crippen LogP) is 1.22. The van der Waals surface area contributed by atoms with Gasteiger partial charge in [-0.3, -0.25) is 4.90 Å². The van der Waals surface area contributed by atoms with Crippen LogP contribution in [0.25, 0.3) is 0 Å². The molecule has 0 aromatic carbocycles. The minimum atomic E-state index is 0.179. The van der Waals surface area contributed by atoms with E-state index < -0.39 is 0 Å². The highest BCUT2D eigenvalue weighted by molar-refractivity contribution is 5.02. The van der Waals surface area contributed by atoms with E-state index in [0.29, 0.717) is 6.10 Å². The fourth-order valence-corrected chi connectivity index (χ4v) is 2.04. The average molecular weight is 141 g/mol. The summed E-state index contributed by atoms with van der Waals surface area (Å²) in [5.74, 6) is 0. The maximum Gasteiger partial charge on any atom is 0.148 e. The first-order chi connectivity index (χ1) is 4.76. The summed E-state index contributed by atoms with van der Waals surface area (Å²) in [5, 5.41) is 0. The number of ether oxygens (including phenoxy) is 1. The summed E-state index contributed by atoms with van der Waals surface area (Å²) in [6.45, 7) is 0. The second-order valence-electron chi connectivity index (χ2n) is 3.59. The van der Waals surface area contributed by atoms with Crippen LogP contribution in [0.5, 0.6) is 0 Å². The van der Waals surface area contributed by atoms with Gasteiger partial charge in [-0.15, -0.1) is 0 Å². The van der Waals surface area contributed by atoms with Crippen molar-refractivity contribution in [1.82, 2.24) is 4.90 Å². The van der Waals surface area contributed by atoms with Gasteiger partial charge in [0.05, 0.1) is 0 Å². The Morgan fingerprint density at radius 2 is 2.20 bits per heavy atom. The SMILES string of the molecule is CN(C)C12CCCCC1O2. The Morgan fingerprint density at radius 3 is 2.70 bits per heavy atom. The zero-order valence-corrected chi connectivity index (χ0v) is 6.76. The third-order valence-electron chi connectivity index (χ3n) is 2.80. The van der Waals surface area contributed by atoms with E-state index >= 15 is 0 Å². The zero-order chi connectivity index (χ0) is 7.19. The van der Waals surface area contributed by atoms with Crippen LogP contribution in [0.3, 0.4) is 0 Å². The van der Waals surface area contributed by atoms with Gasteiger partial charge >= 0.3 is 0 Å². The standard InChI is InChI=1S/C8H15NO/c1-9(2)8-6-4-3-5-7(8)10-8/h7H,3-6H2,1-2H3. The third-order valence-corrected chi connectivity index (χ3v) is 2.80. The molecule has 1 heterocycles. The summed E-state index contributed by atoms with van der Waals surface area (Å²) in [6.07, 6.45) is 5.79. The molecule has 0 aromatic rings. The number of rotatable bonds is 1. The largest absolute Gasteiger partial charge is 0.350 e. The molecule has 0 radical (unpaired) electrons. The Hall–Kier alpha value is -0.0800. The summed E-state index contributed by atoms with van der Waals surface area (Å²) >= 11 is 0. The number of fused-ring (bicyclic) bond motifs is 1. The van der Waals surface area contributed by atoms with Crippen molar-refractivity contribution in [3.8, 4) is 0 Å². The Bertz CT molecular complexity index is 146. The van der Waals surface area contributed by atoms with E-state index in [1.165, 1.54) is 25.7 Å². The van der Waals surface area contributed by atoms with Crippen molar-refractivity contribution >= 4 is 0 Å². The molecular formula is C8H15NO. The van der Waals surface area contributed by atoms with E-state index in [4.69, 9.17) is 4.74 Å². The van der Waals surface area contributed by atoms with E-state index in [1.54, 1.807) is 0 Å². The number of hydrogen-bond acceptors (Lipinski definition) is 2. The van der Waals surface area contributed by atoms with Gasteiger partial charge < -0.3 is 4.74 Å². The van der Waals surface area contributed by atoms with Crippen LogP contribution >= 0.6 is 0 Å². The molecule has 0 N–H and O–H groups in total. The highest BCUT2D eigenvalue weighted by Crippen LogP contribution is 2.48. The summed E-state index contributed by atoms with van der Waals surface area (Å²) in [7, 11) is 4.23. The molecule has 2 aliphatic rings. The van der Waals surface area contributed by atoms with Crippen LogP contribution in [0.2, 0.25) is 0 Å². The van der Waals surface area contributed by atoms with Gasteiger partial charge in [0.15, 0.2) is 0 Å². The molecule has 1 aliphatic heterocycles. The van der Waals surface area contributed by atoms with Crippen molar-refractivity contribution in [2.75, 3.05) is 14.1 Å². The maximum absolute atomic E-state index is 5.65. The molecule has 1 saturated carbocycles. The van der Waals surface area contributed by atoms with Crippen LogP contribution in [-0.4, -0.2) is 30.8 Å². The summed E-state index contributed by atoms with van der Waals surface area (Å²) in [6, 6.07) is 0. The minimum Gasteiger partial charge on any atom is -0.350 e. The zero-order valence-electron chi connectivity index (χ0n) is 6.76. The fourth-order valence-electron chi connectivity index (χ4n) is 2.04. The lowest BCUT2D eigenvalue weighted by atomic mass is 9.95. The van der Waals surface area contributed by atoms with Crippen molar-refractivity contribution in [2.45, 2.75) is 37.5 Å². The lowest BCUT2D eigenvalue weighted by Gasteiger charge is -2.23. The van der Waals surface area contributed by atoms with E-state index in [1.807, 2.05) is 0 Å². The highest BCUT2D eigenvalue weighted by Gasteiger charge is 2.58. The van der Waals surface area contributed by atoms with Crippen LogP contribution in [0, 0.1) is 0 Å². The van der Waals surface area contributed by atoms with E-state index in [2.05, 4.69) is 19.0 Å². The fraction of sp³-hybridized carbons (Fsp3) is 1.00. The van der Waals surface area contributed by atoms with Crippen molar-refractivity contribution in [1.29, 1.82) is 0 Å². The van der Waals surface area contributed by atoms with E-state index in [9.17, 15) is 0 Å². The second kappa shape index (κ2) is 1.95. The number of hydrogen-bond donors (Lipinski definition) is 0. The van der Waals surface area contributed by atoms with Crippen molar-refractivity contribution in [3.63, 3.8) is 0 Å². The molecule has 1 saturated heterocycles. The van der Waals surface area contributed by atoms with Crippen molar-refractivity contribution < 1.29 is 4.74 Å². The minimum absolute atomic E-state index is 0.179. The summed E-state index contributed by atoms with van der Waals surface area (Å²) < 4.78 is 5.65. The monoisotopic (exact) mass is 141 g/mol. The van der Waals surface area contributed by atoms with Crippen LogP contribution in [0.15, 0.2) is 0 Å². The maximum atomic E-state index is 5.65. The van der Waals surface area contributed by atoms with Crippen LogP contribution in [0.1, 0.15) is 25.7 Å². The topological polar surface area (TPSA) is 15.8 Å². The third kappa shape index (κ3) is 0.722. The van der Waals surface area contributed by atoms with Crippen LogP contribution < -0.4 is 0 Å². The van der Waals surface area contributed by atoms with Crippen molar-refractivity contribution in [2.24, 2.45) is 0 Å².